The maximum Gasteiger partial charge on any atom is 0.258 e. The Morgan fingerprint density at radius 2 is 1.77 bits per heavy atom. The third-order valence-corrected chi connectivity index (χ3v) is 6.68. The second-order valence-electron chi connectivity index (χ2n) is 8.74. The number of anilines is 1. The van der Waals surface area contributed by atoms with Crippen LogP contribution in [0.4, 0.5) is 5.69 Å². The number of hydrogen-bond acceptors (Lipinski definition) is 4. The van der Waals surface area contributed by atoms with Crippen molar-refractivity contribution in [1.82, 2.24) is 4.90 Å². The summed E-state index contributed by atoms with van der Waals surface area (Å²) < 4.78 is 5.33. The molecular formula is C26H32N2O3. The Kier molecular flexibility index (Phi) is 6.71. The van der Waals surface area contributed by atoms with Crippen LogP contribution < -0.4 is 9.64 Å². The van der Waals surface area contributed by atoms with E-state index < -0.39 is 0 Å². The number of nitrogens with zero attached hydrogens (tertiary/aromatic N) is 2. The molecule has 1 amide bonds. The molecule has 4 rings (SSSR count). The van der Waals surface area contributed by atoms with Crippen molar-refractivity contribution in [2.45, 2.75) is 57.5 Å². The largest absolute Gasteiger partial charge is 0.497 e. The summed E-state index contributed by atoms with van der Waals surface area (Å²) in [6.45, 7) is 3.77. The van der Waals surface area contributed by atoms with E-state index in [0.29, 0.717) is 23.5 Å². The van der Waals surface area contributed by atoms with Crippen LogP contribution in [0.1, 0.15) is 54.4 Å². The molecule has 2 aliphatic rings. The number of benzene rings is 2. The van der Waals surface area contributed by atoms with E-state index in [0.717, 1.165) is 50.9 Å². The number of hydrogen-bond donors (Lipinski definition) is 0. The van der Waals surface area contributed by atoms with E-state index in [-0.39, 0.29) is 18.0 Å². The molecule has 1 unspecified atom stereocenters. The van der Waals surface area contributed by atoms with Gasteiger partial charge in [-0.05, 0) is 62.9 Å². The predicted molar refractivity (Wildman–Crippen MR) is 123 cm³/mol. The summed E-state index contributed by atoms with van der Waals surface area (Å²) >= 11 is 0. The highest BCUT2D eigenvalue weighted by atomic mass is 16.5. The van der Waals surface area contributed by atoms with Crippen molar-refractivity contribution in [3.8, 4) is 5.75 Å². The number of carbonyl (C=O) groups is 2. The minimum Gasteiger partial charge on any atom is -0.497 e. The number of ketones is 1. The van der Waals surface area contributed by atoms with Crippen LogP contribution >= 0.6 is 0 Å². The molecule has 0 N–H and O–H groups in total. The number of amides is 1. The average Bonchev–Trinajstić information content (AvgIpc) is 2.81. The van der Waals surface area contributed by atoms with E-state index in [4.69, 9.17) is 4.74 Å². The van der Waals surface area contributed by atoms with Crippen molar-refractivity contribution in [1.29, 1.82) is 0 Å². The predicted octanol–water partition coefficient (Wildman–Crippen LogP) is 4.63. The number of rotatable bonds is 5. The number of methoxy groups -OCH3 is 1. The van der Waals surface area contributed by atoms with E-state index in [2.05, 4.69) is 24.0 Å². The third kappa shape index (κ3) is 4.82. The highest BCUT2D eigenvalue weighted by Gasteiger charge is 2.34. The van der Waals surface area contributed by atoms with Crippen LogP contribution in [0.15, 0.2) is 48.5 Å². The standard InChI is InChI=1S/C26H32N2O3/c1-19-10-12-21(13-11-19)28(26(30)20-6-5-7-23(18-20)31-2)22-14-16-27(17-15-22)24-8-3-4-9-25(24)29/h5-7,10-13,18,22,24H,3-4,8-9,14-17H2,1-2H3. The molecule has 164 valence electrons. The molecule has 1 heterocycles. The average molecular weight is 421 g/mol. The second kappa shape index (κ2) is 9.65. The molecule has 5 heteroatoms. The molecule has 1 aliphatic heterocycles. The van der Waals surface area contributed by atoms with Gasteiger partial charge in [0.15, 0.2) is 0 Å². The molecule has 5 nitrogen and oxygen atoms in total. The lowest BCUT2D eigenvalue weighted by Crippen LogP contribution is -2.52. The Balaban J connectivity index is 1.56. The Hall–Kier alpha value is -2.66. The highest BCUT2D eigenvalue weighted by molar-refractivity contribution is 6.06. The number of carbonyl (C=O) groups excluding carboxylic acids is 2. The zero-order valence-electron chi connectivity index (χ0n) is 18.5. The van der Waals surface area contributed by atoms with E-state index >= 15 is 0 Å². The fourth-order valence-corrected chi connectivity index (χ4v) is 4.90. The normalized spacial score (nSPS) is 20.5. The summed E-state index contributed by atoms with van der Waals surface area (Å²) in [5.74, 6) is 1.07. The topological polar surface area (TPSA) is 49.9 Å². The van der Waals surface area contributed by atoms with Gasteiger partial charge in [-0.15, -0.1) is 0 Å². The lowest BCUT2D eigenvalue weighted by molar-refractivity contribution is -0.126. The molecule has 0 bridgehead atoms. The molecule has 2 aromatic rings. The van der Waals surface area contributed by atoms with E-state index in [1.807, 2.05) is 35.2 Å². The van der Waals surface area contributed by atoms with Gasteiger partial charge < -0.3 is 9.64 Å². The zero-order valence-corrected chi connectivity index (χ0v) is 18.5. The lowest BCUT2D eigenvalue weighted by Gasteiger charge is -2.42. The van der Waals surface area contributed by atoms with Crippen LogP contribution in [0.2, 0.25) is 0 Å². The van der Waals surface area contributed by atoms with Gasteiger partial charge in [0, 0.05) is 36.8 Å². The van der Waals surface area contributed by atoms with Gasteiger partial charge in [-0.2, -0.15) is 0 Å². The Bertz CT molecular complexity index is 917. The van der Waals surface area contributed by atoms with Crippen molar-refractivity contribution < 1.29 is 14.3 Å². The van der Waals surface area contributed by atoms with Crippen molar-refractivity contribution in [2.24, 2.45) is 0 Å². The minimum atomic E-state index is -0.00468. The molecule has 1 atom stereocenters. The molecule has 0 radical (unpaired) electrons. The molecule has 1 aliphatic carbocycles. The van der Waals surface area contributed by atoms with Gasteiger partial charge in [-0.3, -0.25) is 14.5 Å². The summed E-state index contributed by atoms with van der Waals surface area (Å²) in [5, 5.41) is 0. The van der Waals surface area contributed by atoms with Gasteiger partial charge in [0.1, 0.15) is 11.5 Å². The van der Waals surface area contributed by atoms with Crippen molar-refractivity contribution >= 4 is 17.4 Å². The first kappa shape index (κ1) is 21.6. The molecule has 2 aromatic carbocycles. The molecular weight excluding hydrogens is 388 g/mol. The summed E-state index contributed by atoms with van der Waals surface area (Å²) in [5.41, 5.74) is 2.72. The maximum atomic E-state index is 13.6. The van der Waals surface area contributed by atoms with Crippen LogP contribution in [0, 0.1) is 6.92 Å². The second-order valence-corrected chi connectivity index (χ2v) is 8.74. The van der Waals surface area contributed by atoms with Crippen LogP contribution in [0.3, 0.4) is 0 Å². The summed E-state index contributed by atoms with van der Waals surface area (Å²) in [7, 11) is 1.61. The fourth-order valence-electron chi connectivity index (χ4n) is 4.90. The van der Waals surface area contributed by atoms with E-state index in [1.165, 1.54) is 5.56 Å². The number of likely N-dealkylation sites (tertiary alicyclic amines) is 1. The third-order valence-electron chi connectivity index (χ3n) is 6.68. The number of ether oxygens (including phenoxy) is 1. The van der Waals surface area contributed by atoms with Gasteiger partial charge in [0.2, 0.25) is 0 Å². The summed E-state index contributed by atoms with van der Waals surface area (Å²) in [4.78, 5) is 30.3. The monoisotopic (exact) mass is 420 g/mol. The Morgan fingerprint density at radius 3 is 2.45 bits per heavy atom. The molecule has 0 aromatic heterocycles. The maximum absolute atomic E-state index is 13.6. The molecule has 0 spiro atoms. The number of piperidine rings is 1. The summed E-state index contributed by atoms with van der Waals surface area (Å²) in [6, 6.07) is 15.7. The van der Waals surface area contributed by atoms with Gasteiger partial charge in [0.05, 0.1) is 13.2 Å². The first-order valence-corrected chi connectivity index (χ1v) is 11.4. The number of aryl methyl sites for hydroxylation is 1. The smallest absolute Gasteiger partial charge is 0.258 e. The van der Waals surface area contributed by atoms with Gasteiger partial charge in [-0.1, -0.05) is 30.2 Å². The van der Waals surface area contributed by atoms with E-state index in [1.54, 1.807) is 13.2 Å². The first-order valence-electron chi connectivity index (χ1n) is 11.4. The molecule has 1 saturated carbocycles. The van der Waals surface area contributed by atoms with Crippen molar-refractivity contribution in [2.75, 3.05) is 25.1 Å². The molecule has 2 fully saturated rings. The van der Waals surface area contributed by atoms with Crippen LogP contribution in [-0.4, -0.2) is 48.9 Å². The SMILES string of the molecule is COc1cccc(C(=O)N(c2ccc(C)cc2)C2CCN(C3CCCCC3=O)CC2)c1. The van der Waals surface area contributed by atoms with Crippen LogP contribution in [-0.2, 0) is 4.79 Å². The molecule has 31 heavy (non-hydrogen) atoms. The highest BCUT2D eigenvalue weighted by Crippen LogP contribution is 2.29. The fraction of sp³-hybridized carbons (Fsp3) is 0.462. The van der Waals surface area contributed by atoms with E-state index in [9.17, 15) is 9.59 Å². The van der Waals surface area contributed by atoms with Crippen molar-refractivity contribution in [3.63, 3.8) is 0 Å². The zero-order chi connectivity index (χ0) is 21.8. The van der Waals surface area contributed by atoms with Crippen LogP contribution in [0.5, 0.6) is 5.75 Å². The van der Waals surface area contributed by atoms with Gasteiger partial charge >= 0.3 is 0 Å². The molecule has 1 saturated heterocycles. The van der Waals surface area contributed by atoms with Gasteiger partial charge in [-0.25, -0.2) is 0 Å². The van der Waals surface area contributed by atoms with Gasteiger partial charge in [0.25, 0.3) is 5.91 Å². The Morgan fingerprint density at radius 1 is 1.03 bits per heavy atom. The van der Waals surface area contributed by atoms with Crippen molar-refractivity contribution in [3.05, 3.63) is 59.7 Å². The van der Waals surface area contributed by atoms with Crippen LogP contribution in [0.25, 0.3) is 0 Å². The Labute approximate surface area is 185 Å². The number of Topliss-reactive ketones (excluding diaryl/α,β-unsaturated/α-hetero) is 1. The quantitative estimate of drug-likeness (QED) is 0.708. The summed E-state index contributed by atoms with van der Waals surface area (Å²) in [6.07, 6.45) is 5.60. The minimum absolute atomic E-state index is 0.00468. The lowest BCUT2D eigenvalue weighted by atomic mass is 9.90. The first-order chi connectivity index (χ1) is 15.1.